The van der Waals surface area contributed by atoms with Gasteiger partial charge in [0.05, 0.1) is 18.3 Å². The van der Waals surface area contributed by atoms with Gasteiger partial charge in [-0.2, -0.15) is 8.75 Å². The summed E-state index contributed by atoms with van der Waals surface area (Å²) in [6, 6.07) is 9.91. The quantitative estimate of drug-likeness (QED) is 0.598. The van der Waals surface area contributed by atoms with Gasteiger partial charge in [-0.25, -0.2) is 0 Å². The van der Waals surface area contributed by atoms with Crippen LogP contribution in [-0.2, 0) is 0 Å². The molecule has 0 fully saturated rings. The lowest BCUT2D eigenvalue weighted by atomic mass is 10.1. The van der Waals surface area contributed by atoms with E-state index in [2.05, 4.69) is 26.8 Å². The van der Waals surface area contributed by atoms with E-state index in [1.807, 2.05) is 30.3 Å². The Balaban J connectivity index is 1.53. The largest absolute Gasteiger partial charge is 0.493 e. The fraction of sp³-hybridized carbons (Fsp3) is 0.375. The second kappa shape index (κ2) is 7.76. The van der Waals surface area contributed by atoms with Crippen molar-refractivity contribution in [2.45, 2.75) is 11.4 Å². The zero-order chi connectivity index (χ0) is 15.2. The fourth-order valence-electron chi connectivity index (χ4n) is 2.35. The number of likely N-dealkylation sites (N-methyl/N-ethyl adjacent to an activating group) is 1. The number of rotatable bonds is 6. The molecule has 0 spiro atoms. The van der Waals surface area contributed by atoms with E-state index < -0.39 is 0 Å². The molecule has 1 aromatic carbocycles. The van der Waals surface area contributed by atoms with Crippen molar-refractivity contribution in [2.24, 2.45) is 0 Å². The highest BCUT2D eigenvalue weighted by Gasteiger charge is 2.17. The third-order valence-corrected chi connectivity index (χ3v) is 5.01. The van der Waals surface area contributed by atoms with Crippen LogP contribution in [0.4, 0.5) is 0 Å². The molecular formula is C16H19N3OS2. The topological polar surface area (TPSA) is 38.2 Å². The zero-order valence-corrected chi connectivity index (χ0v) is 14.2. The molecule has 2 heterocycles. The molecule has 0 amide bonds. The van der Waals surface area contributed by atoms with Crippen LogP contribution in [0.5, 0.6) is 5.75 Å². The molecule has 0 aliphatic carbocycles. The summed E-state index contributed by atoms with van der Waals surface area (Å²) >= 11 is 3.01. The third-order valence-electron chi connectivity index (χ3n) is 3.44. The molecule has 0 saturated carbocycles. The van der Waals surface area contributed by atoms with Gasteiger partial charge in [0.25, 0.3) is 0 Å². The van der Waals surface area contributed by atoms with Crippen LogP contribution < -0.4 is 4.74 Å². The Kier molecular flexibility index (Phi) is 5.48. The summed E-state index contributed by atoms with van der Waals surface area (Å²) in [5.74, 6) is 1.78. The van der Waals surface area contributed by atoms with Crippen LogP contribution >= 0.6 is 23.5 Å². The molecule has 6 heteroatoms. The van der Waals surface area contributed by atoms with Crippen molar-refractivity contribution in [3.63, 3.8) is 0 Å². The molecule has 0 saturated heterocycles. The van der Waals surface area contributed by atoms with Crippen LogP contribution in [0.2, 0.25) is 0 Å². The van der Waals surface area contributed by atoms with Crippen molar-refractivity contribution in [3.8, 4) is 5.75 Å². The predicted octanol–water partition coefficient (Wildman–Crippen LogP) is 3.43. The van der Waals surface area contributed by atoms with Crippen molar-refractivity contribution in [2.75, 3.05) is 32.5 Å². The van der Waals surface area contributed by atoms with E-state index in [1.54, 1.807) is 11.8 Å². The minimum Gasteiger partial charge on any atom is -0.493 e. The van der Waals surface area contributed by atoms with E-state index in [-0.39, 0.29) is 0 Å². The number of para-hydroxylation sites is 1. The number of benzene rings is 1. The van der Waals surface area contributed by atoms with E-state index in [4.69, 9.17) is 4.74 Å². The molecule has 22 heavy (non-hydrogen) atoms. The molecule has 1 aromatic heterocycles. The maximum absolute atomic E-state index is 5.72. The van der Waals surface area contributed by atoms with Gasteiger partial charge >= 0.3 is 0 Å². The molecule has 2 aromatic rings. The first-order valence-corrected chi connectivity index (χ1v) is 9.05. The number of ether oxygens (including phenoxy) is 1. The van der Waals surface area contributed by atoms with Gasteiger partial charge in [-0.15, -0.1) is 0 Å². The van der Waals surface area contributed by atoms with E-state index in [0.717, 1.165) is 41.7 Å². The zero-order valence-electron chi connectivity index (χ0n) is 12.6. The molecule has 1 aliphatic rings. The summed E-state index contributed by atoms with van der Waals surface area (Å²) < 4.78 is 14.6. The van der Waals surface area contributed by atoms with Crippen molar-refractivity contribution in [1.29, 1.82) is 0 Å². The Hall–Kier alpha value is -1.37. The molecular weight excluding hydrogens is 314 g/mol. The van der Waals surface area contributed by atoms with Crippen molar-refractivity contribution in [1.82, 2.24) is 13.6 Å². The Morgan fingerprint density at radius 1 is 1.27 bits per heavy atom. The first kappa shape index (κ1) is 15.5. The lowest BCUT2D eigenvalue weighted by molar-refractivity contribution is 0.344. The van der Waals surface area contributed by atoms with Gasteiger partial charge in [0.15, 0.2) is 0 Å². The predicted molar refractivity (Wildman–Crippen MR) is 92.7 cm³/mol. The van der Waals surface area contributed by atoms with E-state index in [9.17, 15) is 0 Å². The van der Waals surface area contributed by atoms with Crippen LogP contribution in [-0.4, -0.2) is 46.1 Å². The number of nitrogens with zero attached hydrogens (tertiary/aromatic N) is 3. The van der Waals surface area contributed by atoms with Gasteiger partial charge in [-0.05, 0) is 31.2 Å². The maximum atomic E-state index is 5.72. The van der Waals surface area contributed by atoms with Crippen LogP contribution in [0, 0.1) is 0 Å². The SMILES string of the molecule is CN1CCC=C(c2nsnc2SCCOc2ccccc2)C1. The molecule has 3 rings (SSSR count). The third kappa shape index (κ3) is 4.09. The van der Waals surface area contributed by atoms with Gasteiger partial charge in [-0.1, -0.05) is 36.0 Å². The van der Waals surface area contributed by atoms with Crippen LogP contribution in [0.25, 0.3) is 5.57 Å². The van der Waals surface area contributed by atoms with Crippen molar-refractivity contribution >= 4 is 29.1 Å². The lowest BCUT2D eigenvalue weighted by Crippen LogP contribution is -2.25. The summed E-state index contributed by atoms with van der Waals surface area (Å²) in [5, 5.41) is 1.03. The number of hydrogen-bond donors (Lipinski definition) is 0. The van der Waals surface area contributed by atoms with Crippen LogP contribution in [0.15, 0.2) is 41.4 Å². The fourth-order valence-corrected chi connectivity index (χ4v) is 3.88. The Labute approximate surface area is 139 Å². The van der Waals surface area contributed by atoms with Crippen LogP contribution in [0.3, 0.4) is 0 Å². The highest BCUT2D eigenvalue weighted by Crippen LogP contribution is 2.28. The van der Waals surface area contributed by atoms with E-state index >= 15 is 0 Å². The number of thioether (sulfide) groups is 1. The minimum atomic E-state index is 0.671. The highest BCUT2D eigenvalue weighted by molar-refractivity contribution is 7.99. The van der Waals surface area contributed by atoms with Gasteiger partial charge < -0.3 is 9.64 Å². The lowest BCUT2D eigenvalue weighted by Gasteiger charge is -2.22. The maximum Gasteiger partial charge on any atom is 0.138 e. The van der Waals surface area contributed by atoms with Crippen molar-refractivity contribution in [3.05, 3.63) is 42.1 Å². The summed E-state index contributed by atoms with van der Waals surface area (Å²) in [6.07, 6.45) is 3.38. The molecule has 0 bridgehead atoms. The molecule has 116 valence electrons. The normalized spacial score (nSPS) is 15.6. The molecule has 0 radical (unpaired) electrons. The molecule has 4 nitrogen and oxygen atoms in total. The summed E-state index contributed by atoms with van der Waals surface area (Å²) in [5.41, 5.74) is 2.36. The Morgan fingerprint density at radius 3 is 2.95 bits per heavy atom. The Bertz CT molecular complexity index is 627. The molecule has 0 unspecified atom stereocenters. The van der Waals surface area contributed by atoms with Crippen LogP contribution in [0.1, 0.15) is 12.1 Å². The summed E-state index contributed by atoms with van der Waals surface area (Å²) in [7, 11) is 2.15. The standard InChI is InChI=1S/C16H19N3OS2/c1-19-9-5-6-13(12-19)15-16(18-22-17-15)21-11-10-20-14-7-3-2-4-8-14/h2-4,6-8H,5,9-12H2,1H3. The first-order chi connectivity index (χ1) is 10.8. The van der Waals surface area contributed by atoms with Gasteiger partial charge in [0.2, 0.25) is 0 Å². The Morgan fingerprint density at radius 2 is 2.14 bits per heavy atom. The van der Waals surface area contributed by atoms with Gasteiger partial charge in [0.1, 0.15) is 16.5 Å². The average molecular weight is 333 g/mol. The summed E-state index contributed by atoms with van der Waals surface area (Å²) in [6.45, 7) is 2.75. The highest BCUT2D eigenvalue weighted by atomic mass is 32.2. The van der Waals surface area contributed by atoms with E-state index in [1.165, 1.54) is 17.3 Å². The molecule has 1 aliphatic heterocycles. The summed E-state index contributed by atoms with van der Waals surface area (Å²) in [4.78, 5) is 2.32. The molecule has 0 N–H and O–H groups in total. The average Bonchev–Trinajstić information content (AvgIpc) is 3.01. The van der Waals surface area contributed by atoms with Gasteiger partial charge in [0, 0.05) is 18.8 Å². The second-order valence-corrected chi connectivity index (χ2v) is 6.80. The monoisotopic (exact) mass is 333 g/mol. The second-order valence-electron chi connectivity index (χ2n) is 5.18. The van der Waals surface area contributed by atoms with Gasteiger partial charge in [-0.3, -0.25) is 0 Å². The van der Waals surface area contributed by atoms with E-state index in [0.29, 0.717) is 6.61 Å². The smallest absolute Gasteiger partial charge is 0.138 e. The number of aromatic nitrogens is 2. The number of hydrogen-bond acceptors (Lipinski definition) is 6. The minimum absolute atomic E-state index is 0.671. The van der Waals surface area contributed by atoms with Crippen molar-refractivity contribution < 1.29 is 4.74 Å². The first-order valence-electron chi connectivity index (χ1n) is 7.34. The molecule has 0 atom stereocenters.